The van der Waals surface area contributed by atoms with Gasteiger partial charge in [0.05, 0.1) is 22.5 Å². The van der Waals surface area contributed by atoms with Crippen LogP contribution in [-0.4, -0.2) is 21.0 Å². The average Bonchev–Trinajstić information content (AvgIpc) is 2.57. The summed E-state index contributed by atoms with van der Waals surface area (Å²) in [4.78, 5) is 0. The molecule has 0 aliphatic carbocycles. The van der Waals surface area contributed by atoms with Crippen molar-refractivity contribution >= 4 is 15.9 Å². The second-order valence-electron chi connectivity index (χ2n) is 4.51. The smallest absolute Gasteiger partial charge is 0.0635 e. The first kappa shape index (κ1) is 13.7. The molecule has 16 heavy (non-hydrogen) atoms. The molecule has 0 aromatic carbocycles. The number of aliphatic hydroxyl groups excluding tert-OH is 1. The van der Waals surface area contributed by atoms with Crippen LogP contribution in [0.5, 0.6) is 0 Å². The van der Waals surface area contributed by atoms with E-state index in [1.165, 1.54) is 5.69 Å². The maximum absolute atomic E-state index is 9.79. The second kappa shape index (κ2) is 6.40. The largest absolute Gasteiger partial charge is 0.393 e. The number of rotatable bonds is 6. The van der Waals surface area contributed by atoms with Crippen LogP contribution in [0.25, 0.3) is 0 Å². The molecule has 0 fully saturated rings. The van der Waals surface area contributed by atoms with E-state index in [1.807, 2.05) is 24.7 Å². The first-order chi connectivity index (χ1) is 7.56. The Morgan fingerprint density at radius 3 is 2.75 bits per heavy atom. The van der Waals surface area contributed by atoms with Crippen LogP contribution < -0.4 is 0 Å². The molecule has 0 amide bonds. The minimum Gasteiger partial charge on any atom is -0.393 e. The van der Waals surface area contributed by atoms with Gasteiger partial charge in [-0.05, 0) is 41.1 Å². The molecule has 1 aromatic heterocycles. The predicted molar refractivity (Wildman–Crippen MR) is 69.4 cm³/mol. The van der Waals surface area contributed by atoms with Crippen molar-refractivity contribution < 1.29 is 5.11 Å². The lowest BCUT2D eigenvalue weighted by atomic mass is 10.0. The summed E-state index contributed by atoms with van der Waals surface area (Å²) in [5.74, 6) is 0.321. The van der Waals surface area contributed by atoms with E-state index in [2.05, 4.69) is 28.0 Å². The molecule has 1 rings (SSSR count). The summed E-state index contributed by atoms with van der Waals surface area (Å²) in [5.41, 5.74) is 1.20. The summed E-state index contributed by atoms with van der Waals surface area (Å²) in [6.45, 7) is 7.17. The lowest BCUT2D eigenvalue weighted by Crippen LogP contribution is -2.16. The minimum absolute atomic E-state index is 0.225. The van der Waals surface area contributed by atoms with Crippen molar-refractivity contribution in [3.63, 3.8) is 0 Å². The van der Waals surface area contributed by atoms with Crippen LogP contribution in [0.4, 0.5) is 0 Å². The number of nitrogens with zero attached hydrogens (tertiary/aromatic N) is 2. The van der Waals surface area contributed by atoms with Gasteiger partial charge in [-0.1, -0.05) is 20.8 Å². The molecule has 0 aliphatic heterocycles. The van der Waals surface area contributed by atoms with Crippen molar-refractivity contribution in [3.8, 4) is 0 Å². The highest BCUT2D eigenvalue weighted by molar-refractivity contribution is 9.10. The van der Waals surface area contributed by atoms with Gasteiger partial charge in [0, 0.05) is 6.54 Å². The Morgan fingerprint density at radius 2 is 2.19 bits per heavy atom. The maximum Gasteiger partial charge on any atom is 0.0635 e. The standard InChI is InChI=1S/C12H21BrN2O/c1-4-7-15-11(10(13)8-14-15)5-6-12(16)9(2)3/h8-9,12,16H,4-7H2,1-3H3. The molecule has 0 saturated heterocycles. The molecule has 1 heterocycles. The van der Waals surface area contributed by atoms with Crippen molar-refractivity contribution in [2.45, 2.75) is 52.7 Å². The SMILES string of the molecule is CCCn1ncc(Br)c1CCC(O)C(C)C. The van der Waals surface area contributed by atoms with Gasteiger partial charge in [-0.25, -0.2) is 0 Å². The van der Waals surface area contributed by atoms with E-state index in [0.717, 1.165) is 30.3 Å². The highest BCUT2D eigenvalue weighted by atomic mass is 79.9. The van der Waals surface area contributed by atoms with Crippen LogP contribution in [0.15, 0.2) is 10.7 Å². The van der Waals surface area contributed by atoms with E-state index in [4.69, 9.17) is 0 Å². The topological polar surface area (TPSA) is 38.0 Å². The van der Waals surface area contributed by atoms with Crippen LogP contribution in [-0.2, 0) is 13.0 Å². The second-order valence-corrected chi connectivity index (χ2v) is 5.37. The summed E-state index contributed by atoms with van der Waals surface area (Å²) in [5, 5.41) is 14.1. The Bertz CT molecular complexity index is 323. The molecule has 1 unspecified atom stereocenters. The third kappa shape index (κ3) is 3.59. The Balaban J connectivity index is 2.61. The summed E-state index contributed by atoms with van der Waals surface area (Å²) in [7, 11) is 0. The van der Waals surface area contributed by atoms with Gasteiger partial charge < -0.3 is 5.11 Å². The third-order valence-corrected chi connectivity index (χ3v) is 3.44. The molecular weight excluding hydrogens is 268 g/mol. The number of hydrogen-bond acceptors (Lipinski definition) is 2. The Labute approximate surface area is 106 Å². The third-order valence-electron chi connectivity index (χ3n) is 2.78. The predicted octanol–water partition coefficient (Wildman–Crippen LogP) is 3.01. The van der Waals surface area contributed by atoms with Gasteiger partial charge >= 0.3 is 0 Å². The molecule has 1 N–H and O–H groups in total. The van der Waals surface area contributed by atoms with E-state index in [9.17, 15) is 5.11 Å². The minimum atomic E-state index is -0.225. The summed E-state index contributed by atoms with van der Waals surface area (Å²) in [6, 6.07) is 0. The van der Waals surface area contributed by atoms with Crippen molar-refractivity contribution in [2.24, 2.45) is 5.92 Å². The first-order valence-electron chi connectivity index (χ1n) is 5.94. The van der Waals surface area contributed by atoms with E-state index in [-0.39, 0.29) is 6.10 Å². The van der Waals surface area contributed by atoms with Gasteiger partial charge in [0.25, 0.3) is 0 Å². The number of aliphatic hydroxyl groups is 1. The molecule has 0 saturated carbocycles. The van der Waals surface area contributed by atoms with Crippen LogP contribution >= 0.6 is 15.9 Å². The zero-order valence-corrected chi connectivity index (χ0v) is 11.9. The van der Waals surface area contributed by atoms with Crippen molar-refractivity contribution in [1.29, 1.82) is 0 Å². The van der Waals surface area contributed by atoms with Crippen molar-refractivity contribution in [2.75, 3.05) is 0 Å². The Hall–Kier alpha value is -0.350. The normalized spacial score (nSPS) is 13.4. The number of aromatic nitrogens is 2. The van der Waals surface area contributed by atoms with Gasteiger partial charge in [-0.15, -0.1) is 0 Å². The zero-order valence-electron chi connectivity index (χ0n) is 10.3. The van der Waals surface area contributed by atoms with Crippen molar-refractivity contribution in [1.82, 2.24) is 9.78 Å². The van der Waals surface area contributed by atoms with Gasteiger partial charge in [-0.3, -0.25) is 4.68 Å². The van der Waals surface area contributed by atoms with E-state index < -0.39 is 0 Å². The molecule has 0 spiro atoms. The first-order valence-corrected chi connectivity index (χ1v) is 6.73. The lowest BCUT2D eigenvalue weighted by molar-refractivity contribution is 0.116. The molecular formula is C12H21BrN2O. The van der Waals surface area contributed by atoms with Crippen molar-refractivity contribution in [3.05, 3.63) is 16.4 Å². The summed E-state index contributed by atoms with van der Waals surface area (Å²) in [6.07, 6.45) is 4.36. The molecule has 1 aromatic rings. The molecule has 0 radical (unpaired) electrons. The fourth-order valence-corrected chi connectivity index (χ4v) is 2.15. The quantitative estimate of drug-likeness (QED) is 0.874. The number of halogens is 1. The van der Waals surface area contributed by atoms with Gasteiger partial charge in [-0.2, -0.15) is 5.10 Å². The lowest BCUT2D eigenvalue weighted by Gasteiger charge is -2.14. The van der Waals surface area contributed by atoms with Crippen LogP contribution in [0.3, 0.4) is 0 Å². The molecule has 4 heteroatoms. The highest BCUT2D eigenvalue weighted by Crippen LogP contribution is 2.20. The number of aryl methyl sites for hydroxylation is 1. The highest BCUT2D eigenvalue weighted by Gasteiger charge is 2.13. The monoisotopic (exact) mass is 288 g/mol. The van der Waals surface area contributed by atoms with Crippen LogP contribution in [0.2, 0.25) is 0 Å². The molecule has 92 valence electrons. The van der Waals surface area contributed by atoms with Gasteiger partial charge in [0.1, 0.15) is 0 Å². The summed E-state index contributed by atoms with van der Waals surface area (Å²) < 4.78 is 3.08. The van der Waals surface area contributed by atoms with Crippen LogP contribution in [0.1, 0.15) is 39.3 Å². The molecule has 0 bridgehead atoms. The maximum atomic E-state index is 9.79. The van der Waals surface area contributed by atoms with E-state index in [0.29, 0.717) is 5.92 Å². The van der Waals surface area contributed by atoms with Gasteiger partial charge in [0.2, 0.25) is 0 Å². The molecule has 3 nitrogen and oxygen atoms in total. The van der Waals surface area contributed by atoms with E-state index in [1.54, 1.807) is 0 Å². The Kier molecular flexibility index (Phi) is 5.49. The average molecular weight is 289 g/mol. The fourth-order valence-electron chi connectivity index (χ4n) is 1.66. The zero-order chi connectivity index (χ0) is 12.1. The molecule has 0 aliphatic rings. The van der Waals surface area contributed by atoms with Gasteiger partial charge in [0.15, 0.2) is 0 Å². The van der Waals surface area contributed by atoms with Crippen LogP contribution in [0, 0.1) is 5.92 Å². The summed E-state index contributed by atoms with van der Waals surface area (Å²) >= 11 is 3.51. The number of hydrogen-bond donors (Lipinski definition) is 1. The Morgan fingerprint density at radius 1 is 1.50 bits per heavy atom. The fraction of sp³-hybridized carbons (Fsp3) is 0.750. The van der Waals surface area contributed by atoms with E-state index >= 15 is 0 Å². The molecule has 1 atom stereocenters.